The fourth-order valence-corrected chi connectivity index (χ4v) is 2.67. The van der Waals surface area contributed by atoms with E-state index in [1.54, 1.807) is 12.4 Å². The Balaban J connectivity index is 1.97. The van der Waals surface area contributed by atoms with Crippen LogP contribution < -0.4 is 10.2 Å². The Kier molecular flexibility index (Phi) is 5.49. The maximum Gasteiger partial charge on any atom is 0.405 e. The van der Waals surface area contributed by atoms with Crippen LogP contribution in [0.15, 0.2) is 17.4 Å². The smallest absolute Gasteiger partial charge is 0.355 e. The number of carbonyl (C=O) groups is 1. The fraction of sp³-hybridized carbons (Fsp3) is 0.615. The molecule has 0 aliphatic carbocycles. The highest BCUT2D eigenvalue weighted by atomic mass is 32.2. The molecule has 0 aromatic carbocycles. The molecule has 1 N–H and O–H groups in total. The van der Waals surface area contributed by atoms with E-state index < -0.39 is 24.5 Å². The van der Waals surface area contributed by atoms with Gasteiger partial charge in [0.25, 0.3) is 0 Å². The van der Waals surface area contributed by atoms with Crippen molar-refractivity contribution in [2.45, 2.75) is 24.0 Å². The average Bonchev–Trinajstić information content (AvgIpc) is 2.52. The highest BCUT2D eigenvalue weighted by molar-refractivity contribution is 7.98. The maximum absolute atomic E-state index is 12.2. The molecule has 2 heterocycles. The molecule has 9 heteroatoms. The summed E-state index contributed by atoms with van der Waals surface area (Å²) >= 11 is 1.46. The van der Waals surface area contributed by atoms with Crippen LogP contribution in [-0.4, -0.2) is 47.9 Å². The lowest BCUT2D eigenvalue weighted by Gasteiger charge is -2.32. The highest BCUT2D eigenvalue weighted by Gasteiger charge is 2.31. The van der Waals surface area contributed by atoms with Crippen molar-refractivity contribution >= 4 is 23.5 Å². The summed E-state index contributed by atoms with van der Waals surface area (Å²) in [4.78, 5) is 22.3. The van der Waals surface area contributed by atoms with Gasteiger partial charge in [0, 0.05) is 13.1 Å². The molecule has 1 aromatic rings. The van der Waals surface area contributed by atoms with E-state index in [0.29, 0.717) is 18.8 Å². The van der Waals surface area contributed by atoms with E-state index in [2.05, 4.69) is 9.97 Å². The van der Waals surface area contributed by atoms with E-state index in [0.717, 1.165) is 18.0 Å². The number of nitrogens with zero attached hydrogens (tertiary/aromatic N) is 3. The van der Waals surface area contributed by atoms with Gasteiger partial charge in [0.1, 0.15) is 17.4 Å². The summed E-state index contributed by atoms with van der Waals surface area (Å²) in [5.41, 5.74) is 0. The van der Waals surface area contributed by atoms with Crippen molar-refractivity contribution in [2.24, 2.45) is 5.92 Å². The van der Waals surface area contributed by atoms with Gasteiger partial charge in [-0.15, -0.1) is 11.8 Å². The predicted molar refractivity (Wildman–Crippen MR) is 77.8 cm³/mol. The third-order valence-corrected chi connectivity index (χ3v) is 4.00. The van der Waals surface area contributed by atoms with Gasteiger partial charge >= 0.3 is 6.18 Å². The number of anilines is 1. The van der Waals surface area contributed by atoms with E-state index in [9.17, 15) is 18.0 Å². The molecule has 1 saturated heterocycles. The minimum Gasteiger partial charge on any atom is -0.355 e. The molecule has 0 spiro atoms. The number of halogens is 3. The molecule has 1 fully saturated rings. The number of thioether (sulfide) groups is 1. The molecule has 122 valence electrons. The molecule has 2 rings (SSSR count). The molecule has 1 aliphatic rings. The second-order valence-corrected chi connectivity index (χ2v) is 5.86. The number of nitrogens with one attached hydrogen (secondary N) is 1. The molecule has 0 unspecified atom stereocenters. The Labute approximate surface area is 130 Å². The van der Waals surface area contributed by atoms with Gasteiger partial charge < -0.3 is 10.2 Å². The van der Waals surface area contributed by atoms with Gasteiger partial charge in [-0.1, -0.05) is 0 Å². The van der Waals surface area contributed by atoms with Crippen LogP contribution in [0, 0.1) is 5.92 Å². The Hall–Kier alpha value is -1.51. The van der Waals surface area contributed by atoms with Crippen LogP contribution in [0.4, 0.5) is 19.0 Å². The summed E-state index contributed by atoms with van der Waals surface area (Å²) in [7, 11) is 0. The molecule has 0 saturated carbocycles. The molecule has 0 radical (unpaired) electrons. The van der Waals surface area contributed by atoms with Gasteiger partial charge in [0.15, 0.2) is 0 Å². The molecule has 5 nitrogen and oxygen atoms in total. The van der Waals surface area contributed by atoms with Gasteiger partial charge in [0.05, 0.1) is 18.3 Å². The normalized spacial score (nSPS) is 19.1. The van der Waals surface area contributed by atoms with Crippen LogP contribution in [-0.2, 0) is 4.79 Å². The van der Waals surface area contributed by atoms with E-state index in [4.69, 9.17) is 0 Å². The fourth-order valence-electron chi connectivity index (χ4n) is 2.32. The largest absolute Gasteiger partial charge is 0.405 e. The van der Waals surface area contributed by atoms with E-state index in [-0.39, 0.29) is 0 Å². The lowest BCUT2D eigenvalue weighted by atomic mass is 9.97. The quantitative estimate of drug-likeness (QED) is 0.855. The summed E-state index contributed by atoms with van der Waals surface area (Å²) < 4.78 is 36.5. The van der Waals surface area contributed by atoms with Gasteiger partial charge in [-0.25, -0.2) is 4.98 Å². The second kappa shape index (κ2) is 7.17. The van der Waals surface area contributed by atoms with Crippen molar-refractivity contribution < 1.29 is 18.0 Å². The summed E-state index contributed by atoms with van der Waals surface area (Å²) in [6.45, 7) is -0.212. The van der Waals surface area contributed by atoms with Gasteiger partial charge in [-0.2, -0.15) is 13.2 Å². The third-order valence-electron chi connectivity index (χ3n) is 3.39. The first-order valence-corrected chi connectivity index (χ1v) is 8.07. The summed E-state index contributed by atoms with van der Waals surface area (Å²) in [6.07, 6.45) is 2.06. The van der Waals surface area contributed by atoms with Crippen LogP contribution in [0.5, 0.6) is 0 Å². The molecule has 1 amide bonds. The van der Waals surface area contributed by atoms with Gasteiger partial charge in [-0.05, 0) is 19.1 Å². The van der Waals surface area contributed by atoms with Gasteiger partial charge in [0.2, 0.25) is 5.91 Å². The number of hydrogen-bond acceptors (Lipinski definition) is 5. The van der Waals surface area contributed by atoms with Crippen LogP contribution in [0.3, 0.4) is 0 Å². The van der Waals surface area contributed by atoms with E-state index in [1.165, 1.54) is 11.8 Å². The van der Waals surface area contributed by atoms with E-state index >= 15 is 0 Å². The zero-order valence-electron chi connectivity index (χ0n) is 12.1. The Morgan fingerprint density at radius 2 is 2.27 bits per heavy atom. The highest BCUT2D eigenvalue weighted by Crippen LogP contribution is 2.23. The van der Waals surface area contributed by atoms with Crippen LogP contribution in [0.25, 0.3) is 0 Å². The molecule has 0 bridgehead atoms. The molecule has 1 aromatic heterocycles. The second-order valence-electron chi connectivity index (χ2n) is 5.04. The molecular weight excluding hydrogens is 317 g/mol. The van der Waals surface area contributed by atoms with Crippen LogP contribution in [0.1, 0.15) is 12.8 Å². The first kappa shape index (κ1) is 16.9. The Morgan fingerprint density at radius 1 is 1.50 bits per heavy atom. The minimum atomic E-state index is -4.39. The van der Waals surface area contributed by atoms with Crippen molar-refractivity contribution in [3.05, 3.63) is 12.4 Å². The zero-order valence-corrected chi connectivity index (χ0v) is 12.9. The predicted octanol–water partition coefficient (Wildman–Crippen LogP) is 2.09. The summed E-state index contributed by atoms with van der Waals surface area (Å²) in [6, 6.07) is 0. The van der Waals surface area contributed by atoms with Crippen LogP contribution >= 0.6 is 11.8 Å². The van der Waals surface area contributed by atoms with Crippen molar-refractivity contribution in [1.82, 2.24) is 15.3 Å². The summed E-state index contributed by atoms with van der Waals surface area (Å²) in [5, 5.41) is 2.72. The lowest BCUT2D eigenvalue weighted by molar-refractivity contribution is -0.140. The number of piperidine rings is 1. The van der Waals surface area contributed by atoms with Crippen LogP contribution in [0.2, 0.25) is 0 Å². The molecule has 1 aliphatic heterocycles. The standard InChI is InChI=1S/C13H17F3N4OS/c1-22-11-6-17-5-10(19-11)20-4-2-3-9(7-20)12(21)18-8-13(14,15)16/h5-6,9H,2-4,7-8H2,1H3,(H,18,21)/t9-/m0/s1. The summed E-state index contributed by atoms with van der Waals surface area (Å²) in [5.74, 6) is -0.369. The molecular formula is C13H17F3N4OS. The third kappa shape index (κ3) is 4.75. The van der Waals surface area contributed by atoms with Crippen molar-refractivity contribution in [1.29, 1.82) is 0 Å². The number of aromatic nitrogens is 2. The Morgan fingerprint density at radius 3 is 2.95 bits per heavy atom. The monoisotopic (exact) mass is 334 g/mol. The Bertz CT molecular complexity index is 526. The zero-order chi connectivity index (χ0) is 16.2. The SMILES string of the molecule is CSc1cncc(N2CCC[C@H](C(=O)NCC(F)(F)F)C2)n1. The van der Waals surface area contributed by atoms with E-state index in [1.807, 2.05) is 16.5 Å². The molecule has 22 heavy (non-hydrogen) atoms. The first-order chi connectivity index (χ1) is 10.4. The van der Waals surface area contributed by atoms with Crippen molar-refractivity contribution in [2.75, 3.05) is 30.8 Å². The molecule has 1 atom stereocenters. The minimum absolute atomic E-state index is 0.357. The topological polar surface area (TPSA) is 58.1 Å². The van der Waals surface area contributed by atoms with Crippen molar-refractivity contribution in [3.8, 4) is 0 Å². The average molecular weight is 334 g/mol. The first-order valence-electron chi connectivity index (χ1n) is 6.84. The van der Waals surface area contributed by atoms with Crippen molar-refractivity contribution in [3.63, 3.8) is 0 Å². The number of carbonyl (C=O) groups excluding carboxylic acids is 1. The number of rotatable bonds is 4. The lowest BCUT2D eigenvalue weighted by Crippen LogP contribution is -2.45. The number of amides is 1. The number of hydrogen-bond donors (Lipinski definition) is 1. The maximum atomic E-state index is 12.2. The number of alkyl halides is 3. The van der Waals surface area contributed by atoms with Gasteiger partial charge in [-0.3, -0.25) is 9.78 Å².